The molecule has 1 aromatic carbocycles. The average molecular weight is 218 g/mol. The van der Waals surface area contributed by atoms with Crippen LogP contribution in [0.2, 0.25) is 0 Å². The van der Waals surface area contributed by atoms with E-state index in [1.165, 1.54) is 0 Å². The number of ether oxygens (including phenoxy) is 1. The molecule has 0 spiro atoms. The molecule has 0 aliphatic rings. The minimum Gasteiger partial charge on any atom is -0.495 e. The van der Waals surface area contributed by atoms with Gasteiger partial charge in [0.15, 0.2) is 5.95 Å². The van der Waals surface area contributed by atoms with Crippen molar-refractivity contribution in [1.29, 1.82) is 0 Å². The zero-order valence-corrected chi connectivity index (χ0v) is 9.24. The van der Waals surface area contributed by atoms with Gasteiger partial charge in [0.05, 0.1) is 18.5 Å². The lowest BCUT2D eigenvalue weighted by atomic mass is 10.1. The van der Waals surface area contributed by atoms with Crippen molar-refractivity contribution in [3.05, 3.63) is 23.9 Å². The molecule has 84 valence electrons. The molecule has 2 rings (SSSR count). The second kappa shape index (κ2) is 3.77. The number of rotatable bonds is 2. The number of hydrogen-bond donors (Lipinski definition) is 3. The predicted molar refractivity (Wildman–Crippen MR) is 64.1 cm³/mol. The quantitative estimate of drug-likeness (QED) is 0.667. The summed E-state index contributed by atoms with van der Waals surface area (Å²) in [6.07, 6.45) is 0. The molecule has 2 aromatic rings. The van der Waals surface area contributed by atoms with Gasteiger partial charge in [-0.25, -0.2) is 4.98 Å². The molecule has 0 fully saturated rings. The van der Waals surface area contributed by atoms with Gasteiger partial charge in [0.25, 0.3) is 0 Å². The Morgan fingerprint density at radius 2 is 2.06 bits per heavy atom. The summed E-state index contributed by atoms with van der Waals surface area (Å²) in [6, 6.07) is 5.54. The van der Waals surface area contributed by atoms with Crippen LogP contribution in [0.3, 0.4) is 0 Å². The molecule has 0 amide bonds. The summed E-state index contributed by atoms with van der Waals surface area (Å²) >= 11 is 0. The van der Waals surface area contributed by atoms with E-state index in [0.717, 1.165) is 17.0 Å². The van der Waals surface area contributed by atoms with E-state index in [9.17, 15) is 0 Å². The fraction of sp³-hybridized carbons (Fsp3) is 0.182. The summed E-state index contributed by atoms with van der Waals surface area (Å²) in [5.74, 6) is 1.06. The Morgan fingerprint density at radius 3 is 2.56 bits per heavy atom. The summed E-state index contributed by atoms with van der Waals surface area (Å²) in [4.78, 5) is 7.15. The maximum absolute atomic E-state index is 5.83. The molecule has 0 saturated heterocycles. The number of H-pyrrole nitrogens is 1. The summed E-state index contributed by atoms with van der Waals surface area (Å²) in [7, 11) is 1.59. The van der Waals surface area contributed by atoms with Crippen LogP contribution in [0, 0.1) is 6.92 Å². The number of nitrogens with zero attached hydrogens (tertiary/aromatic N) is 1. The van der Waals surface area contributed by atoms with Crippen molar-refractivity contribution < 1.29 is 4.74 Å². The number of nitrogens with one attached hydrogen (secondary N) is 1. The van der Waals surface area contributed by atoms with Gasteiger partial charge in [0.1, 0.15) is 5.75 Å². The molecule has 5 nitrogen and oxygen atoms in total. The van der Waals surface area contributed by atoms with Crippen molar-refractivity contribution in [2.45, 2.75) is 6.92 Å². The number of aromatic amines is 1. The molecule has 0 atom stereocenters. The second-order valence-electron chi connectivity index (χ2n) is 3.55. The molecule has 1 heterocycles. The van der Waals surface area contributed by atoms with Gasteiger partial charge < -0.3 is 21.2 Å². The highest BCUT2D eigenvalue weighted by atomic mass is 16.5. The number of anilines is 2. The molecule has 1 aromatic heterocycles. The Bertz CT molecular complexity index is 519. The van der Waals surface area contributed by atoms with Gasteiger partial charge in [-0.3, -0.25) is 0 Å². The fourth-order valence-electron chi connectivity index (χ4n) is 1.65. The standard InChI is InChI=1S/C11H14N4O/c1-6-10(15-11(13)14-6)7-3-4-9(16-2)8(12)5-7/h3-5H,12H2,1-2H3,(H3,13,14,15). The molecule has 16 heavy (non-hydrogen) atoms. The largest absolute Gasteiger partial charge is 0.495 e. The van der Waals surface area contributed by atoms with Crippen LogP contribution >= 0.6 is 0 Å². The maximum atomic E-state index is 5.83. The van der Waals surface area contributed by atoms with Gasteiger partial charge in [-0.05, 0) is 25.1 Å². The summed E-state index contributed by atoms with van der Waals surface area (Å²) < 4.78 is 5.09. The van der Waals surface area contributed by atoms with Crippen molar-refractivity contribution >= 4 is 11.6 Å². The van der Waals surface area contributed by atoms with Crippen molar-refractivity contribution in [2.75, 3.05) is 18.6 Å². The smallest absolute Gasteiger partial charge is 0.198 e. The molecule has 0 aliphatic heterocycles. The number of aromatic nitrogens is 2. The van der Waals surface area contributed by atoms with Crippen molar-refractivity contribution in [3.8, 4) is 17.0 Å². The van der Waals surface area contributed by atoms with Gasteiger partial charge in [-0.2, -0.15) is 0 Å². The van der Waals surface area contributed by atoms with E-state index < -0.39 is 0 Å². The van der Waals surface area contributed by atoms with Gasteiger partial charge in [0.2, 0.25) is 0 Å². The highest BCUT2D eigenvalue weighted by Gasteiger charge is 2.09. The minimum atomic E-state index is 0.405. The molecule has 0 aliphatic carbocycles. The summed E-state index contributed by atoms with van der Waals surface area (Å²) in [5, 5.41) is 0. The predicted octanol–water partition coefficient (Wildman–Crippen LogP) is 1.56. The molecule has 0 saturated carbocycles. The van der Waals surface area contributed by atoms with Crippen molar-refractivity contribution in [1.82, 2.24) is 9.97 Å². The lowest BCUT2D eigenvalue weighted by molar-refractivity contribution is 0.417. The third-order valence-corrected chi connectivity index (χ3v) is 2.41. The van der Waals surface area contributed by atoms with Crippen LogP contribution in [0.25, 0.3) is 11.3 Å². The van der Waals surface area contributed by atoms with Crippen LogP contribution in [0.1, 0.15) is 5.69 Å². The number of benzene rings is 1. The van der Waals surface area contributed by atoms with E-state index in [-0.39, 0.29) is 0 Å². The SMILES string of the molecule is COc1ccc(-c2nc(N)[nH]c2C)cc1N. The summed E-state index contributed by atoms with van der Waals surface area (Å²) in [5.41, 5.74) is 14.7. The molecular formula is C11H14N4O. The second-order valence-corrected chi connectivity index (χ2v) is 3.55. The first-order valence-corrected chi connectivity index (χ1v) is 4.87. The third kappa shape index (κ3) is 1.67. The van der Waals surface area contributed by atoms with E-state index in [1.54, 1.807) is 7.11 Å². The normalized spacial score (nSPS) is 10.4. The Morgan fingerprint density at radius 1 is 1.31 bits per heavy atom. The van der Waals surface area contributed by atoms with Crippen LogP contribution < -0.4 is 16.2 Å². The molecule has 0 bridgehead atoms. The highest BCUT2D eigenvalue weighted by Crippen LogP contribution is 2.29. The molecule has 0 radical (unpaired) electrons. The number of nitrogen functional groups attached to an aromatic ring is 2. The van der Waals surface area contributed by atoms with E-state index in [2.05, 4.69) is 9.97 Å². The van der Waals surface area contributed by atoms with E-state index >= 15 is 0 Å². The molecular weight excluding hydrogens is 204 g/mol. The van der Waals surface area contributed by atoms with Crippen LogP contribution in [-0.4, -0.2) is 17.1 Å². The molecule has 0 unspecified atom stereocenters. The Kier molecular flexibility index (Phi) is 2.44. The molecule has 5 N–H and O–H groups in total. The Labute approximate surface area is 93.4 Å². The van der Waals surface area contributed by atoms with Crippen molar-refractivity contribution in [2.24, 2.45) is 0 Å². The van der Waals surface area contributed by atoms with Crippen molar-refractivity contribution in [3.63, 3.8) is 0 Å². The number of methoxy groups -OCH3 is 1. The topological polar surface area (TPSA) is 90.0 Å². The lowest BCUT2D eigenvalue weighted by Crippen LogP contribution is -1.93. The first kappa shape index (κ1) is 10.4. The number of aryl methyl sites for hydroxylation is 1. The van der Waals surface area contributed by atoms with Crippen LogP contribution in [-0.2, 0) is 0 Å². The zero-order valence-electron chi connectivity index (χ0n) is 9.24. The van der Waals surface area contributed by atoms with Gasteiger partial charge in [0, 0.05) is 11.3 Å². The first-order chi connectivity index (χ1) is 7.61. The fourth-order valence-corrected chi connectivity index (χ4v) is 1.65. The van der Waals surface area contributed by atoms with Crippen LogP contribution in [0.15, 0.2) is 18.2 Å². The lowest BCUT2D eigenvalue weighted by Gasteiger charge is -2.06. The van der Waals surface area contributed by atoms with Crippen LogP contribution in [0.5, 0.6) is 5.75 Å². The average Bonchev–Trinajstić information content (AvgIpc) is 2.58. The first-order valence-electron chi connectivity index (χ1n) is 4.87. The van der Waals surface area contributed by atoms with E-state index in [4.69, 9.17) is 16.2 Å². The zero-order chi connectivity index (χ0) is 11.7. The monoisotopic (exact) mass is 218 g/mol. The van der Waals surface area contributed by atoms with Gasteiger partial charge in [-0.1, -0.05) is 0 Å². The summed E-state index contributed by atoms with van der Waals surface area (Å²) in [6.45, 7) is 1.92. The van der Waals surface area contributed by atoms with Gasteiger partial charge >= 0.3 is 0 Å². The third-order valence-electron chi connectivity index (χ3n) is 2.41. The number of nitrogens with two attached hydrogens (primary N) is 2. The number of imidazole rings is 1. The Balaban J connectivity index is 2.49. The highest BCUT2D eigenvalue weighted by molar-refractivity contribution is 5.70. The number of hydrogen-bond acceptors (Lipinski definition) is 4. The van der Waals surface area contributed by atoms with E-state index in [1.807, 2.05) is 25.1 Å². The Hall–Kier alpha value is -2.17. The van der Waals surface area contributed by atoms with E-state index in [0.29, 0.717) is 17.4 Å². The van der Waals surface area contributed by atoms with Crippen LogP contribution in [0.4, 0.5) is 11.6 Å². The van der Waals surface area contributed by atoms with Gasteiger partial charge in [-0.15, -0.1) is 0 Å². The minimum absolute atomic E-state index is 0.405. The maximum Gasteiger partial charge on any atom is 0.198 e. The molecule has 5 heteroatoms.